The van der Waals surface area contributed by atoms with Crippen LogP contribution in [0.3, 0.4) is 0 Å². The van der Waals surface area contributed by atoms with Crippen molar-refractivity contribution in [3.05, 3.63) is 113 Å². The number of aliphatic imine (C=N–C) groups is 2. The van der Waals surface area contributed by atoms with Crippen molar-refractivity contribution in [2.45, 2.75) is 14.7 Å². The summed E-state index contributed by atoms with van der Waals surface area (Å²) in [6.07, 6.45) is 13.3. The van der Waals surface area contributed by atoms with E-state index in [9.17, 15) is 0 Å². The van der Waals surface area contributed by atoms with E-state index in [0.717, 1.165) is 5.69 Å². The summed E-state index contributed by atoms with van der Waals surface area (Å²) in [7, 11) is 0. The largest absolute Gasteiger partial charge is 0.264 e. The number of nitrogens with zero attached hydrogens (tertiary/aromatic N) is 3. The number of benzene rings is 3. The van der Waals surface area contributed by atoms with Gasteiger partial charge in [0.25, 0.3) is 0 Å². The SMILES string of the molecule is C1=CSc2ccccc2C=N1.C1=CSc2ccccc2N=C1.C1=Cc2ccccc2SN=C1. The van der Waals surface area contributed by atoms with Gasteiger partial charge in [0.15, 0.2) is 0 Å². The number of fused-ring (bicyclic) bond motifs is 3. The van der Waals surface area contributed by atoms with Gasteiger partial charge in [0.1, 0.15) is 0 Å². The molecule has 33 heavy (non-hydrogen) atoms. The van der Waals surface area contributed by atoms with Gasteiger partial charge in [-0.2, -0.15) is 0 Å². The molecule has 0 amide bonds. The lowest BCUT2D eigenvalue weighted by Gasteiger charge is -1.97. The van der Waals surface area contributed by atoms with Crippen LogP contribution in [0.1, 0.15) is 11.1 Å². The molecule has 0 atom stereocenters. The van der Waals surface area contributed by atoms with Crippen molar-refractivity contribution in [1.82, 2.24) is 0 Å². The Bertz CT molecular complexity index is 1100. The molecule has 0 bridgehead atoms. The molecular weight excluding hydrogens is 463 g/mol. The molecule has 0 spiro atoms. The summed E-state index contributed by atoms with van der Waals surface area (Å²) in [5.74, 6) is 0. The predicted molar refractivity (Wildman–Crippen MR) is 148 cm³/mol. The van der Waals surface area contributed by atoms with E-state index in [2.05, 4.69) is 50.8 Å². The maximum Gasteiger partial charge on any atom is 0.0768 e. The van der Waals surface area contributed by atoms with Crippen LogP contribution in [-0.2, 0) is 0 Å². The second-order valence-corrected chi connectivity index (χ2v) is 9.38. The number of rotatable bonds is 0. The molecule has 0 saturated carbocycles. The standard InChI is InChI=1S/3C9H7NS/c1-2-6-9-8(4-1)5-3-7-10-11-9;1-2-5-9-8(4-1)10-6-3-7-11-9;1-2-4-9-8(3-1)7-10-5-6-11-9/h3*1-7H. The summed E-state index contributed by atoms with van der Waals surface area (Å²) in [6, 6.07) is 24.6. The summed E-state index contributed by atoms with van der Waals surface area (Å²) >= 11 is 4.92. The molecule has 0 fully saturated rings. The van der Waals surface area contributed by atoms with Gasteiger partial charge in [-0.15, -0.1) is 0 Å². The summed E-state index contributed by atoms with van der Waals surface area (Å²) < 4.78 is 4.12. The minimum atomic E-state index is 1.06. The highest BCUT2D eigenvalue weighted by molar-refractivity contribution is 8.02. The second-order valence-electron chi connectivity index (χ2n) is 6.65. The van der Waals surface area contributed by atoms with E-state index in [-0.39, 0.29) is 0 Å². The van der Waals surface area contributed by atoms with Crippen molar-refractivity contribution in [1.29, 1.82) is 0 Å². The molecule has 0 aromatic heterocycles. The number of hydrogen-bond acceptors (Lipinski definition) is 6. The fraction of sp³-hybridized carbons (Fsp3) is 0. The third kappa shape index (κ3) is 7.22. The molecule has 162 valence electrons. The molecule has 3 heterocycles. The average Bonchev–Trinajstić information content (AvgIpc) is 3.36. The fourth-order valence-electron chi connectivity index (χ4n) is 2.86. The summed E-state index contributed by atoms with van der Waals surface area (Å²) in [6.45, 7) is 0. The summed E-state index contributed by atoms with van der Waals surface area (Å²) in [5.41, 5.74) is 3.50. The molecule has 0 N–H and O–H groups in total. The molecule has 0 aliphatic carbocycles. The minimum absolute atomic E-state index is 1.06. The monoisotopic (exact) mass is 483 g/mol. The van der Waals surface area contributed by atoms with E-state index in [0.29, 0.717) is 0 Å². The normalized spacial score (nSPS) is 14.2. The van der Waals surface area contributed by atoms with Gasteiger partial charge >= 0.3 is 0 Å². The second kappa shape index (κ2) is 12.8. The third-order valence-corrected chi connectivity index (χ3v) is 6.98. The molecule has 0 saturated heterocycles. The van der Waals surface area contributed by atoms with E-state index in [1.807, 2.05) is 90.3 Å². The van der Waals surface area contributed by atoms with Crippen LogP contribution >= 0.6 is 35.5 Å². The van der Waals surface area contributed by atoms with Crippen molar-refractivity contribution in [3.8, 4) is 0 Å². The van der Waals surface area contributed by atoms with Crippen molar-refractivity contribution >= 4 is 65.9 Å². The van der Waals surface area contributed by atoms with Crippen LogP contribution < -0.4 is 0 Å². The van der Waals surface area contributed by atoms with E-state index in [1.54, 1.807) is 23.5 Å². The Labute approximate surface area is 207 Å². The molecule has 3 aromatic rings. The lowest BCUT2D eigenvalue weighted by Crippen LogP contribution is -1.81. The van der Waals surface area contributed by atoms with Gasteiger partial charge in [0.05, 0.1) is 5.69 Å². The predicted octanol–water partition coefficient (Wildman–Crippen LogP) is 8.48. The van der Waals surface area contributed by atoms with E-state index in [4.69, 9.17) is 0 Å². The molecule has 3 nitrogen and oxygen atoms in total. The number of hydrogen-bond donors (Lipinski definition) is 0. The van der Waals surface area contributed by atoms with Gasteiger partial charge in [-0.1, -0.05) is 78.1 Å². The van der Waals surface area contributed by atoms with Gasteiger partial charge in [0.2, 0.25) is 0 Å². The smallest absolute Gasteiger partial charge is 0.0768 e. The number of allylic oxidation sites excluding steroid dienone is 2. The molecule has 6 rings (SSSR count). The Morgan fingerprint density at radius 2 is 1.33 bits per heavy atom. The van der Waals surface area contributed by atoms with Gasteiger partial charge in [-0.25, -0.2) is 4.40 Å². The first-order valence-corrected chi connectivity index (χ1v) is 12.8. The Hall–Kier alpha value is -3.06. The summed E-state index contributed by atoms with van der Waals surface area (Å²) in [5, 5.41) is 4.03. The average molecular weight is 484 g/mol. The first-order valence-electron chi connectivity index (χ1n) is 10.2. The highest BCUT2D eigenvalue weighted by Crippen LogP contribution is 2.31. The van der Waals surface area contributed by atoms with Gasteiger partial charge in [-0.3, -0.25) is 9.98 Å². The molecule has 3 aliphatic rings. The van der Waals surface area contributed by atoms with Crippen LogP contribution in [-0.4, -0.2) is 18.6 Å². The Morgan fingerprint density at radius 3 is 2.24 bits per heavy atom. The Morgan fingerprint density at radius 1 is 0.606 bits per heavy atom. The van der Waals surface area contributed by atoms with Gasteiger partial charge < -0.3 is 0 Å². The Balaban J connectivity index is 0.000000118. The van der Waals surface area contributed by atoms with E-state index < -0.39 is 0 Å². The molecule has 0 radical (unpaired) electrons. The quantitative estimate of drug-likeness (QED) is 0.301. The number of thioether (sulfide) groups is 2. The van der Waals surface area contributed by atoms with Crippen LogP contribution in [0.5, 0.6) is 0 Å². The van der Waals surface area contributed by atoms with Crippen LogP contribution in [0.15, 0.2) is 131 Å². The van der Waals surface area contributed by atoms with Crippen molar-refractivity contribution in [2.24, 2.45) is 14.4 Å². The maximum absolute atomic E-state index is 4.25. The Kier molecular flexibility index (Phi) is 8.99. The van der Waals surface area contributed by atoms with Crippen LogP contribution in [0.4, 0.5) is 5.69 Å². The molecule has 6 heteroatoms. The minimum Gasteiger partial charge on any atom is -0.264 e. The van der Waals surface area contributed by atoms with Crippen molar-refractivity contribution in [3.63, 3.8) is 0 Å². The highest BCUT2D eigenvalue weighted by Gasteiger charge is 2.00. The maximum atomic E-state index is 4.25. The zero-order chi connectivity index (χ0) is 22.6. The lowest BCUT2D eigenvalue weighted by atomic mass is 10.2. The lowest BCUT2D eigenvalue weighted by molar-refractivity contribution is 1.39. The van der Waals surface area contributed by atoms with Crippen LogP contribution in [0.25, 0.3) is 6.08 Å². The van der Waals surface area contributed by atoms with Crippen molar-refractivity contribution < 1.29 is 0 Å². The molecule has 0 unspecified atom stereocenters. The molecule has 3 aliphatic heterocycles. The first-order chi connectivity index (χ1) is 16.4. The van der Waals surface area contributed by atoms with Crippen LogP contribution in [0.2, 0.25) is 0 Å². The fourth-order valence-corrected chi connectivity index (χ4v) is 4.87. The van der Waals surface area contributed by atoms with E-state index in [1.165, 1.54) is 37.8 Å². The zero-order valence-electron chi connectivity index (χ0n) is 17.7. The highest BCUT2D eigenvalue weighted by atomic mass is 32.2. The molecule has 3 aromatic carbocycles. The van der Waals surface area contributed by atoms with E-state index >= 15 is 0 Å². The first kappa shape index (κ1) is 23.1. The zero-order valence-corrected chi connectivity index (χ0v) is 20.1. The summed E-state index contributed by atoms with van der Waals surface area (Å²) in [4.78, 5) is 12.0. The number of para-hydroxylation sites is 1. The van der Waals surface area contributed by atoms with Gasteiger partial charge in [0, 0.05) is 57.0 Å². The molecular formula is C27H21N3S3. The third-order valence-electron chi connectivity index (χ3n) is 4.41. The van der Waals surface area contributed by atoms with Crippen molar-refractivity contribution in [2.75, 3.05) is 0 Å². The van der Waals surface area contributed by atoms with Crippen LogP contribution in [0, 0.1) is 0 Å². The topological polar surface area (TPSA) is 37.1 Å². The van der Waals surface area contributed by atoms with Gasteiger partial charge in [-0.05, 0) is 52.8 Å².